The number of carbonyl (C=O) groups excluding carboxylic acids is 1. The summed E-state index contributed by atoms with van der Waals surface area (Å²) < 4.78 is 16.7. The normalized spacial score (nSPS) is 21.8. The smallest absolute Gasteiger partial charge is 0.410 e. The lowest BCUT2D eigenvalue weighted by Crippen LogP contribution is -2.60. The third-order valence-electron chi connectivity index (χ3n) is 9.62. The van der Waals surface area contributed by atoms with Gasteiger partial charge in [0.05, 0.1) is 14.2 Å². The monoisotopic (exact) mass is 577 g/mol. The van der Waals surface area contributed by atoms with E-state index in [1.54, 1.807) is 14.2 Å². The fourth-order valence-corrected chi connectivity index (χ4v) is 7.36. The second-order valence-corrected chi connectivity index (χ2v) is 14.0. The predicted octanol–water partition coefficient (Wildman–Crippen LogP) is 6.87. The molecule has 3 fully saturated rings. The maximum absolute atomic E-state index is 12.6. The Morgan fingerprint density at radius 1 is 0.952 bits per heavy atom. The summed E-state index contributed by atoms with van der Waals surface area (Å²) in [4.78, 5) is 20.0. The van der Waals surface area contributed by atoms with Crippen LogP contribution in [0.1, 0.15) is 89.0 Å². The second-order valence-electron chi connectivity index (χ2n) is 14.0. The number of methoxy groups -OCH3 is 2. The highest BCUT2D eigenvalue weighted by molar-refractivity contribution is 5.68. The SMILES string of the molecule is COc1ccc(CN2CCN(C3CC4(CCN(C(=O)OC(C)(C)C)CC4)C3)[C@H](c3ccccc3C(C)C)C2)cc1OC. The van der Waals surface area contributed by atoms with E-state index < -0.39 is 5.60 Å². The summed E-state index contributed by atoms with van der Waals surface area (Å²) in [7, 11) is 3.38. The zero-order valence-corrected chi connectivity index (χ0v) is 26.8. The van der Waals surface area contributed by atoms with Gasteiger partial charge in [0.1, 0.15) is 5.60 Å². The van der Waals surface area contributed by atoms with E-state index in [2.05, 4.69) is 60.0 Å². The molecular formula is C35H51N3O4. The van der Waals surface area contributed by atoms with E-state index in [0.717, 1.165) is 63.6 Å². The number of amides is 1. The minimum atomic E-state index is -0.448. The van der Waals surface area contributed by atoms with Crippen molar-refractivity contribution >= 4 is 6.09 Å². The summed E-state index contributed by atoms with van der Waals surface area (Å²) in [6, 6.07) is 16.3. The lowest BCUT2D eigenvalue weighted by Gasteiger charge is -2.58. The van der Waals surface area contributed by atoms with Crippen LogP contribution in [0.4, 0.5) is 4.79 Å². The van der Waals surface area contributed by atoms with Crippen LogP contribution in [-0.4, -0.2) is 79.4 Å². The molecule has 0 N–H and O–H groups in total. The van der Waals surface area contributed by atoms with Crippen molar-refractivity contribution in [3.8, 4) is 11.5 Å². The molecule has 1 amide bonds. The fraction of sp³-hybridized carbons (Fsp3) is 0.629. The van der Waals surface area contributed by atoms with Crippen molar-refractivity contribution in [3.63, 3.8) is 0 Å². The summed E-state index contributed by atoms with van der Waals surface area (Å²) in [6.07, 6.45) is 4.45. The van der Waals surface area contributed by atoms with Crippen molar-refractivity contribution in [3.05, 3.63) is 59.2 Å². The lowest BCUT2D eigenvalue weighted by atomic mass is 9.59. The van der Waals surface area contributed by atoms with Crippen molar-refractivity contribution in [1.29, 1.82) is 0 Å². The summed E-state index contributed by atoms with van der Waals surface area (Å²) in [5.74, 6) is 2.03. The van der Waals surface area contributed by atoms with Crippen LogP contribution in [0, 0.1) is 5.41 Å². The maximum atomic E-state index is 12.6. The molecule has 2 saturated heterocycles. The van der Waals surface area contributed by atoms with E-state index in [-0.39, 0.29) is 6.09 Å². The Morgan fingerprint density at radius 3 is 2.29 bits per heavy atom. The maximum Gasteiger partial charge on any atom is 0.410 e. The highest BCUT2D eigenvalue weighted by Gasteiger charge is 2.50. The zero-order chi connectivity index (χ0) is 30.1. The molecule has 1 atom stereocenters. The molecule has 2 aliphatic heterocycles. The minimum Gasteiger partial charge on any atom is -0.493 e. The molecular weight excluding hydrogens is 526 g/mol. The first kappa shape index (κ1) is 30.7. The number of hydrogen-bond donors (Lipinski definition) is 0. The van der Waals surface area contributed by atoms with E-state index in [4.69, 9.17) is 14.2 Å². The van der Waals surface area contributed by atoms with Crippen molar-refractivity contribution < 1.29 is 19.0 Å². The van der Waals surface area contributed by atoms with Crippen LogP contribution in [0.3, 0.4) is 0 Å². The molecule has 7 nitrogen and oxygen atoms in total. The first-order chi connectivity index (χ1) is 20.0. The van der Waals surface area contributed by atoms with Crippen LogP contribution >= 0.6 is 0 Å². The Balaban J connectivity index is 1.28. The molecule has 1 spiro atoms. The number of piperidine rings is 1. The van der Waals surface area contributed by atoms with Crippen molar-refractivity contribution in [2.45, 2.75) is 90.4 Å². The van der Waals surface area contributed by atoms with Gasteiger partial charge in [-0.1, -0.05) is 44.2 Å². The molecule has 1 saturated carbocycles. The number of benzene rings is 2. The molecule has 2 heterocycles. The van der Waals surface area contributed by atoms with Crippen LogP contribution in [0.25, 0.3) is 0 Å². The molecule has 7 heteroatoms. The van der Waals surface area contributed by atoms with Gasteiger partial charge in [0, 0.05) is 51.4 Å². The van der Waals surface area contributed by atoms with E-state index >= 15 is 0 Å². The minimum absolute atomic E-state index is 0.163. The van der Waals surface area contributed by atoms with E-state index in [1.807, 2.05) is 31.7 Å². The van der Waals surface area contributed by atoms with Crippen LogP contribution in [-0.2, 0) is 11.3 Å². The third kappa shape index (κ3) is 6.73. The van der Waals surface area contributed by atoms with Crippen molar-refractivity contribution in [2.75, 3.05) is 46.9 Å². The molecule has 0 bridgehead atoms. The quantitative estimate of drug-likeness (QED) is 0.358. The summed E-state index contributed by atoms with van der Waals surface area (Å²) >= 11 is 0. The van der Waals surface area contributed by atoms with Crippen molar-refractivity contribution in [1.82, 2.24) is 14.7 Å². The molecule has 3 aliphatic rings. The van der Waals surface area contributed by atoms with Gasteiger partial charge >= 0.3 is 6.09 Å². The van der Waals surface area contributed by atoms with Crippen LogP contribution < -0.4 is 9.47 Å². The molecule has 2 aromatic rings. The first-order valence-corrected chi connectivity index (χ1v) is 15.8. The molecule has 0 aromatic heterocycles. The van der Waals surface area contributed by atoms with Crippen LogP contribution in [0.15, 0.2) is 42.5 Å². The summed E-state index contributed by atoms with van der Waals surface area (Å²) in [5.41, 5.74) is 4.10. The van der Waals surface area contributed by atoms with E-state index in [9.17, 15) is 4.79 Å². The largest absolute Gasteiger partial charge is 0.493 e. The summed E-state index contributed by atoms with van der Waals surface area (Å²) in [5, 5.41) is 0. The van der Waals surface area contributed by atoms with E-state index in [0.29, 0.717) is 23.4 Å². The lowest BCUT2D eigenvalue weighted by molar-refractivity contribution is -0.0782. The standard InChI is InChI=1S/C35H51N3O4/c1-25(2)28-10-8-9-11-29(28)30-24-36(23-26-12-13-31(40-6)32(20-26)41-7)18-19-38(30)27-21-35(22-27)14-16-37(17-15-35)33(39)42-34(3,4)5/h8-13,20,25,27,30H,14-19,21-24H2,1-7H3/t30-/m0/s1. The number of hydrogen-bond acceptors (Lipinski definition) is 6. The number of carbonyl (C=O) groups is 1. The molecule has 1 aliphatic carbocycles. The Hall–Kier alpha value is -2.77. The second kappa shape index (κ2) is 12.5. The van der Waals surface area contributed by atoms with Gasteiger partial charge in [-0.15, -0.1) is 0 Å². The molecule has 5 rings (SSSR count). The fourth-order valence-electron chi connectivity index (χ4n) is 7.36. The van der Waals surface area contributed by atoms with Gasteiger partial charge < -0.3 is 19.1 Å². The highest BCUT2D eigenvalue weighted by atomic mass is 16.6. The topological polar surface area (TPSA) is 54.5 Å². The van der Waals surface area contributed by atoms with Gasteiger partial charge in [-0.3, -0.25) is 9.80 Å². The van der Waals surface area contributed by atoms with Gasteiger partial charge in [0.15, 0.2) is 11.5 Å². The first-order valence-electron chi connectivity index (χ1n) is 15.8. The van der Waals surface area contributed by atoms with E-state index in [1.165, 1.54) is 29.5 Å². The van der Waals surface area contributed by atoms with Gasteiger partial charge in [-0.2, -0.15) is 0 Å². The molecule has 42 heavy (non-hydrogen) atoms. The number of rotatable bonds is 7. The zero-order valence-electron chi connectivity index (χ0n) is 26.8. The molecule has 0 unspecified atom stereocenters. The van der Waals surface area contributed by atoms with Crippen LogP contribution in [0.5, 0.6) is 11.5 Å². The Labute approximate surface area is 253 Å². The Bertz CT molecular complexity index is 1220. The average Bonchev–Trinajstić information content (AvgIpc) is 2.95. The average molecular weight is 578 g/mol. The summed E-state index contributed by atoms with van der Waals surface area (Å²) in [6.45, 7) is 16.1. The van der Waals surface area contributed by atoms with Crippen LogP contribution in [0.2, 0.25) is 0 Å². The third-order valence-corrected chi connectivity index (χ3v) is 9.62. The van der Waals surface area contributed by atoms with Gasteiger partial charge in [-0.05, 0) is 86.6 Å². The molecule has 2 aromatic carbocycles. The number of likely N-dealkylation sites (tertiary alicyclic amines) is 1. The predicted molar refractivity (Wildman–Crippen MR) is 167 cm³/mol. The Morgan fingerprint density at radius 2 is 1.64 bits per heavy atom. The molecule has 230 valence electrons. The van der Waals surface area contributed by atoms with Crippen molar-refractivity contribution in [2.24, 2.45) is 5.41 Å². The molecule has 0 radical (unpaired) electrons. The van der Waals surface area contributed by atoms with Gasteiger partial charge in [0.2, 0.25) is 0 Å². The number of nitrogens with zero attached hydrogens (tertiary/aromatic N) is 3. The van der Waals surface area contributed by atoms with Gasteiger partial charge in [-0.25, -0.2) is 4.79 Å². The van der Waals surface area contributed by atoms with Gasteiger partial charge in [0.25, 0.3) is 0 Å². The Kier molecular flexibility index (Phi) is 9.10. The highest BCUT2D eigenvalue weighted by Crippen LogP contribution is 2.53. The number of piperazine rings is 1. The number of ether oxygens (including phenoxy) is 3.